The van der Waals surface area contributed by atoms with E-state index in [-0.39, 0.29) is 18.5 Å². The molecule has 15 heavy (non-hydrogen) atoms. The minimum Gasteiger partial charge on any atom is -0.595 e. The number of nitrogens with zero attached hydrogens (tertiary/aromatic N) is 2. The highest BCUT2D eigenvalue weighted by molar-refractivity contribution is 5.40. The number of benzene rings is 1. The summed E-state index contributed by atoms with van der Waals surface area (Å²) in [7, 11) is 0. The van der Waals surface area contributed by atoms with Gasteiger partial charge in [0.25, 0.3) is 0 Å². The third-order valence-corrected chi connectivity index (χ3v) is 1.87. The van der Waals surface area contributed by atoms with E-state index in [0.29, 0.717) is 11.1 Å². The first-order valence-corrected chi connectivity index (χ1v) is 4.27. The fourth-order valence-electron chi connectivity index (χ4n) is 1.27. The Balaban J connectivity index is 3.10. The molecule has 1 aromatic rings. The van der Waals surface area contributed by atoms with E-state index in [1.165, 1.54) is 12.1 Å². The standard InChI is InChI=1S/C10H9N3O2/c11-3-1-8-5-9(2-4-12)7-10(6-8)13(14)15/h5-7,13-14H,1-2H2. The monoisotopic (exact) mass is 203 g/mol. The zero-order chi connectivity index (χ0) is 11.3. The number of rotatable bonds is 3. The summed E-state index contributed by atoms with van der Waals surface area (Å²) in [6.07, 6.45) is 0.305. The zero-order valence-electron chi connectivity index (χ0n) is 7.90. The van der Waals surface area contributed by atoms with Crippen LogP contribution in [0.15, 0.2) is 18.2 Å². The molecular weight excluding hydrogens is 194 g/mol. The van der Waals surface area contributed by atoms with Gasteiger partial charge >= 0.3 is 0 Å². The maximum absolute atomic E-state index is 10.7. The summed E-state index contributed by atoms with van der Waals surface area (Å²) >= 11 is 0. The normalized spacial score (nSPS) is 11.5. The number of nitrogens with one attached hydrogen (secondary N) is 1. The highest BCUT2D eigenvalue weighted by Gasteiger charge is 2.05. The van der Waals surface area contributed by atoms with Crippen molar-refractivity contribution in [2.24, 2.45) is 0 Å². The number of nitriles is 2. The first kappa shape index (κ1) is 11.2. The van der Waals surface area contributed by atoms with Gasteiger partial charge in [0, 0.05) is 12.1 Å². The molecule has 0 radical (unpaired) electrons. The summed E-state index contributed by atoms with van der Waals surface area (Å²) in [5.41, 5.74) is 1.37. The van der Waals surface area contributed by atoms with Crippen molar-refractivity contribution < 1.29 is 10.4 Å². The predicted octanol–water partition coefficient (Wildman–Crippen LogP) is 0.222. The van der Waals surface area contributed by atoms with E-state index < -0.39 is 5.23 Å². The molecule has 0 aliphatic heterocycles. The van der Waals surface area contributed by atoms with Gasteiger partial charge in [-0.2, -0.15) is 15.8 Å². The van der Waals surface area contributed by atoms with E-state index in [1.807, 2.05) is 12.1 Å². The maximum atomic E-state index is 10.7. The third-order valence-electron chi connectivity index (χ3n) is 1.87. The summed E-state index contributed by atoms with van der Waals surface area (Å²) in [6.45, 7) is 0. The molecule has 5 nitrogen and oxygen atoms in total. The molecule has 2 N–H and O–H groups in total. The van der Waals surface area contributed by atoms with Crippen LogP contribution in [-0.4, -0.2) is 5.21 Å². The van der Waals surface area contributed by atoms with Gasteiger partial charge in [-0.3, -0.25) is 0 Å². The lowest BCUT2D eigenvalue weighted by Gasteiger charge is -2.13. The van der Waals surface area contributed by atoms with E-state index in [0.717, 1.165) is 0 Å². The SMILES string of the molecule is N#CCc1cc(CC#N)cc([NH+]([O-])O)c1. The third kappa shape index (κ3) is 3.04. The first-order chi connectivity index (χ1) is 7.17. The Labute approximate surface area is 86.9 Å². The molecule has 0 aliphatic rings. The van der Waals surface area contributed by atoms with Crippen molar-refractivity contribution in [1.29, 1.82) is 10.5 Å². The Morgan fingerprint density at radius 2 is 1.60 bits per heavy atom. The average molecular weight is 203 g/mol. The van der Waals surface area contributed by atoms with Crippen LogP contribution in [0.3, 0.4) is 0 Å². The topological polar surface area (TPSA) is 95.3 Å². The molecule has 1 rings (SSSR count). The Morgan fingerprint density at radius 1 is 1.13 bits per heavy atom. The van der Waals surface area contributed by atoms with Crippen LogP contribution >= 0.6 is 0 Å². The van der Waals surface area contributed by atoms with Crippen LogP contribution < -0.4 is 5.23 Å². The lowest BCUT2D eigenvalue weighted by atomic mass is 10.1. The summed E-state index contributed by atoms with van der Waals surface area (Å²) in [5, 5.41) is 35.5. The molecule has 0 aliphatic carbocycles. The zero-order valence-corrected chi connectivity index (χ0v) is 7.90. The molecule has 0 spiro atoms. The molecule has 0 heterocycles. The highest BCUT2D eigenvalue weighted by Crippen LogP contribution is 2.12. The second kappa shape index (κ2) is 5.08. The van der Waals surface area contributed by atoms with Crippen molar-refractivity contribution >= 4 is 5.69 Å². The minimum absolute atomic E-state index is 0.119. The number of hydrogen-bond acceptors (Lipinski definition) is 4. The van der Waals surface area contributed by atoms with Gasteiger partial charge in [0.15, 0.2) is 5.69 Å². The summed E-state index contributed by atoms with van der Waals surface area (Å²) in [5.74, 6) is 0. The van der Waals surface area contributed by atoms with E-state index in [4.69, 9.17) is 15.7 Å². The fourth-order valence-corrected chi connectivity index (χ4v) is 1.27. The van der Waals surface area contributed by atoms with E-state index in [1.54, 1.807) is 6.07 Å². The summed E-state index contributed by atoms with van der Waals surface area (Å²) in [6, 6.07) is 8.47. The molecular formula is C10H9N3O2. The number of hydrogen-bond donors (Lipinski definition) is 2. The van der Waals surface area contributed by atoms with Crippen LogP contribution in [0, 0.1) is 27.9 Å². The molecule has 1 atom stereocenters. The molecule has 0 saturated heterocycles. The van der Waals surface area contributed by atoms with Crippen LogP contribution in [0.2, 0.25) is 0 Å². The van der Waals surface area contributed by atoms with Crippen molar-refractivity contribution in [3.63, 3.8) is 0 Å². The van der Waals surface area contributed by atoms with Crippen molar-refractivity contribution in [2.75, 3.05) is 0 Å². The molecule has 0 saturated carbocycles. The summed E-state index contributed by atoms with van der Waals surface area (Å²) < 4.78 is 0. The lowest BCUT2D eigenvalue weighted by Crippen LogP contribution is -2.99. The molecule has 1 unspecified atom stereocenters. The van der Waals surface area contributed by atoms with Crippen molar-refractivity contribution in [2.45, 2.75) is 12.8 Å². The molecule has 0 aromatic heterocycles. The fraction of sp³-hybridized carbons (Fsp3) is 0.200. The van der Waals surface area contributed by atoms with Gasteiger partial charge in [-0.1, -0.05) is 6.07 Å². The molecule has 0 amide bonds. The maximum Gasteiger partial charge on any atom is 0.164 e. The van der Waals surface area contributed by atoms with Crippen LogP contribution in [0.4, 0.5) is 5.69 Å². The highest BCUT2D eigenvalue weighted by atomic mass is 16.8. The van der Waals surface area contributed by atoms with Crippen LogP contribution in [0.5, 0.6) is 0 Å². The van der Waals surface area contributed by atoms with Crippen molar-refractivity contribution in [3.8, 4) is 12.1 Å². The van der Waals surface area contributed by atoms with Crippen molar-refractivity contribution in [3.05, 3.63) is 34.5 Å². The smallest absolute Gasteiger partial charge is 0.164 e. The quantitative estimate of drug-likeness (QED) is 0.687. The molecule has 0 fully saturated rings. The van der Waals surface area contributed by atoms with Gasteiger partial charge in [-0.25, -0.2) is 5.21 Å². The second-order valence-corrected chi connectivity index (χ2v) is 3.01. The average Bonchev–Trinajstić information content (AvgIpc) is 2.18. The van der Waals surface area contributed by atoms with E-state index in [9.17, 15) is 5.21 Å². The second-order valence-electron chi connectivity index (χ2n) is 3.01. The van der Waals surface area contributed by atoms with Gasteiger partial charge in [0.1, 0.15) is 0 Å². The summed E-state index contributed by atoms with van der Waals surface area (Å²) in [4.78, 5) is 0. The predicted molar refractivity (Wildman–Crippen MR) is 50.9 cm³/mol. The Morgan fingerprint density at radius 3 is 1.93 bits per heavy atom. The van der Waals surface area contributed by atoms with Gasteiger partial charge in [0.05, 0.1) is 25.0 Å². The molecule has 76 valence electrons. The molecule has 5 heteroatoms. The van der Waals surface area contributed by atoms with Crippen LogP contribution in [0.25, 0.3) is 0 Å². The number of quaternary nitrogens is 1. The van der Waals surface area contributed by atoms with Gasteiger partial charge < -0.3 is 5.21 Å². The minimum atomic E-state index is -1.05. The Hall–Kier alpha value is -1.92. The first-order valence-electron chi connectivity index (χ1n) is 4.27. The Kier molecular flexibility index (Phi) is 3.78. The Bertz CT molecular complexity index is 395. The van der Waals surface area contributed by atoms with Crippen LogP contribution in [-0.2, 0) is 12.8 Å². The van der Waals surface area contributed by atoms with Gasteiger partial charge in [-0.05, 0) is 11.1 Å². The molecule has 0 bridgehead atoms. The van der Waals surface area contributed by atoms with Crippen LogP contribution in [0.1, 0.15) is 11.1 Å². The molecule has 1 aromatic carbocycles. The largest absolute Gasteiger partial charge is 0.595 e. The van der Waals surface area contributed by atoms with E-state index in [2.05, 4.69) is 0 Å². The van der Waals surface area contributed by atoms with Gasteiger partial charge in [-0.15, -0.1) is 0 Å². The van der Waals surface area contributed by atoms with E-state index >= 15 is 0 Å². The van der Waals surface area contributed by atoms with Gasteiger partial charge in [0.2, 0.25) is 0 Å². The lowest BCUT2D eigenvalue weighted by molar-refractivity contribution is -0.991. The van der Waals surface area contributed by atoms with Crippen molar-refractivity contribution in [1.82, 2.24) is 0 Å².